The third kappa shape index (κ3) is 5.86. The van der Waals surface area contributed by atoms with Crippen LogP contribution in [0.15, 0.2) is 97.3 Å². The molecule has 3 aromatic carbocycles. The van der Waals surface area contributed by atoms with Crippen molar-refractivity contribution in [2.45, 2.75) is 20.0 Å². The van der Waals surface area contributed by atoms with Gasteiger partial charge in [0, 0.05) is 29.0 Å². The van der Waals surface area contributed by atoms with Crippen LogP contribution in [0.4, 0.5) is 5.69 Å². The second kappa shape index (κ2) is 11.0. The quantitative estimate of drug-likeness (QED) is 0.326. The lowest BCUT2D eigenvalue weighted by atomic mass is 10.1. The zero-order chi connectivity index (χ0) is 24.6. The number of fused-ring (bicyclic) bond motifs is 2. The SMILES string of the molecule is CC(OC=O)C(=O)Nc1ccc2ccccc2c1.Cc1cc(-c2cccnc2)nc2ccccc12. The standard InChI is InChI=1S/C15H12N2.C14H13NO3/c1-11-9-15(12-5-4-8-16-10-12)17-14-7-3-2-6-13(11)14;1-10(18-9-16)14(17)15-13-7-6-11-4-2-3-5-12(11)8-13/h2-10H,1H3;2-10H,1H3,(H,15,17). The summed E-state index contributed by atoms with van der Waals surface area (Å²) in [6, 6.07) is 27.8. The summed E-state index contributed by atoms with van der Waals surface area (Å²) in [5.74, 6) is -0.350. The first-order chi connectivity index (χ1) is 17.0. The highest BCUT2D eigenvalue weighted by atomic mass is 16.5. The maximum Gasteiger partial charge on any atom is 0.293 e. The fraction of sp³-hybridized carbons (Fsp3) is 0.103. The van der Waals surface area contributed by atoms with E-state index in [1.54, 1.807) is 6.20 Å². The summed E-state index contributed by atoms with van der Waals surface area (Å²) in [4.78, 5) is 30.6. The number of amides is 1. The van der Waals surface area contributed by atoms with Crippen LogP contribution in [0, 0.1) is 6.92 Å². The van der Waals surface area contributed by atoms with E-state index in [4.69, 9.17) is 0 Å². The minimum Gasteiger partial charge on any atom is -0.455 e. The van der Waals surface area contributed by atoms with Gasteiger partial charge in [-0.1, -0.05) is 48.5 Å². The van der Waals surface area contributed by atoms with Gasteiger partial charge in [-0.25, -0.2) is 4.98 Å². The van der Waals surface area contributed by atoms with Crippen molar-refractivity contribution < 1.29 is 14.3 Å². The van der Waals surface area contributed by atoms with Crippen LogP contribution in [0.1, 0.15) is 12.5 Å². The molecule has 0 bridgehead atoms. The molecule has 0 aliphatic heterocycles. The smallest absolute Gasteiger partial charge is 0.293 e. The molecule has 2 heterocycles. The molecule has 174 valence electrons. The molecule has 1 N–H and O–H groups in total. The normalized spacial score (nSPS) is 11.3. The van der Waals surface area contributed by atoms with E-state index < -0.39 is 6.10 Å². The summed E-state index contributed by atoms with van der Waals surface area (Å²) >= 11 is 0. The minimum atomic E-state index is -0.797. The number of nitrogens with zero attached hydrogens (tertiary/aromatic N) is 2. The molecule has 1 unspecified atom stereocenters. The van der Waals surface area contributed by atoms with Gasteiger partial charge in [0.15, 0.2) is 6.10 Å². The molecule has 0 saturated heterocycles. The first kappa shape index (κ1) is 23.6. The summed E-state index contributed by atoms with van der Waals surface area (Å²) in [6.07, 6.45) is 2.82. The summed E-state index contributed by atoms with van der Waals surface area (Å²) in [6.45, 7) is 3.90. The lowest BCUT2D eigenvalue weighted by Gasteiger charge is -2.10. The first-order valence-electron chi connectivity index (χ1n) is 11.2. The number of nitrogens with one attached hydrogen (secondary N) is 1. The van der Waals surface area contributed by atoms with Gasteiger partial charge >= 0.3 is 0 Å². The van der Waals surface area contributed by atoms with Gasteiger partial charge < -0.3 is 10.1 Å². The average molecular weight is 464 g/mol. The van der Waals surface area contributed by atoms with E-state index in [0.717, 1.165) is 27.5 Å². The molecule has 0 saturated carbocycles. The van der Waals surface area contributed by atoms with Gasteiger partial charge in [0.25, 0.3) is 12.4 Å². The monoisotopic (exact) mass is 463 g/mol. The predicted molar refractivity (Wildman–Crippen MR) is 139 cm³/mol. The van der Waals surface area contributed by atoms with Crippen LogP contribution in [0.5, 0.6) is 0 Å². The second-order valence-electron chi connectivity index (χ2n) is 8.01. The molecule has 0 spiro atoms. The highest BCUT2D eigenvalue weighted by Crippen LogP contribution is 2.23. The molecule has 1 atom stereocenters. The van der Waals surface area contributed by atoms with Gasteiger partial charge in [-0.2, -0.15) is 0 Å². The fourth-order valence-electron chi connectivity index (χ4n) is 3.67. The van der Waals surface area contributed by atoms with Crippen LogP contribution in [-0.2, 0) is 14.3 Å². The van der Waals surface area contributed by atoms with Crippen molar-refractivity contribution in [1.29, 1.82) is 0 Å². The number of aromatic nitrogens is 2. The zero-order valence-corrected chi connectivity index (χ0v) is 19.5. The number of benzene rings is 3. The molecule has 1 amide bonds. The van der Waals surface area contributed by atoms with Crippen LogP contribution < -0.4 is 5.32 Å². The number of aryl methyl sites for hydroxylation is 1. The van der Waals surface area contributed by atoms with Gasteiger partial charge in [-0.05, 0) is 66.6 Å². The van der Waals surface area contributed by atoms with Gasteiger partial charge in [0.2, 0.25) is 0 Å². The van der Waals surface area contributed by atoms with E-state index in [-0.39, 0.29) is 12.4 Å². The Morgan fingerprint density at radius 1 is 0.943 bits per heavy atom. The van der Waals surface area contributed by atoms with Crippen LogP contribution in [0.25, 0.3) is 32.9 Å². The van der Waals surface area contributed by atoms with Crippen LogP contribution in [-0.4, -0.2) is 28.5 Å². The highest BCUT2D eigenvalue weighted by Gasteiger charge is 2.13. The van der Waals surface area contributed by atoms with E-state index in [1.165, 1.54) is 17.9 Å². The molecule has 0 aliphatic carbocycles. The number of ether oxygens (including phenoxy) is 1. The first-order valence-corrected chi connectivity index (χ1v) is 11.2. The predicted octanol–water partition coefficient (Wildman–Crippen LogP) is 5.95. The largest absolute Gasteiger partial charge is 0.455 e. The Labute approximate surface area is 203 Å². The van der Waals surface area contributed by atoms with Crippen LogP contribution >= 0.6 is 0 Å². The number of hydrogen-bond acceptors (Lipinski definition) is 5. The third-order valence-electron chi connectivity index (χ3n) is 5.53. The molecule has 2 aromatic heterocycles. The minimum absolute atomic E-state index is 0.268. The Balaban J connectivity index is 0.000000165. The fourth-order valence-corrected chi connectivity index (χ4v) is 3.67. The summed E-state index contributed by atoms with van der Waals surface area (Å²) in [5, 5.41) is 6.05. The van der Waals surface area contributed by atoms with E-state index in [9.17, 15) is 9.59 Å². The lowest BCUT2D eigenvalue weighted by Crippen LogP contribution is -2.27. The number of carbonyl (C=O) groups excluding carboxylic acids is 2. The molecule has 5 aromatic rings. The van der Waals surface area contributed by atoms with Crippen molar-refractivity contribution in [3.8, 4) is 11.3 Å². The molecule has 6 heteroatoms. The molecule has 0 fully saturated rings. The van der Waals surface area contributed by atoms with Crippen molar-refractivity contribution in [2.75, 3.05) is 5.32 Å². The van der Waals surface area contributed by atoms with Crippen molar-refractivity contribution >= 4 is 39.7 Å². The molecule has 0 aliphatic rings. The number of para-hydroxylation sites is 1. The van der Waals surface area contributed by atoms with Crippen molar-refractivity contribution in [1.82, 2.24) is 9.97 Å². The maximum atomic E-state index is 11.6. The molecular formula is C29H25N3O3. The van der Waals surface area contributed by atoms with Crippen molar-refractivity contribution in [3.05, 3.63) is 103 Å². The van der Waals surface area contributed by atoms with Crippen molar-refractivity contribution in [3.63, 3.8) is 0 Å². The maximum absolute atomic E-state index is 11.6. The molecule has 5 rings (SSSR count). The van der Waals surface area contributed by atoms with E-state index in [1.807, 2.05) is 79.0 Å². The Kier molecular flexibility index (Phi) is 7.43. The Morgan fingerprint density at radius 2 is 1.71 bits per heavy atom. The van der Waals surface area contributed by atoms with E-state index >= 15 is 0 Å². The topological polar surface area (TPSA) is 81.2 Å². The second-order valence-corrected chi connectivity index (χ2v) is 8.01. The molecule has 35 heavy (non-hydrogen) atoms. The summed E-state index contributed by atoms with van der Waals surface area (Å²) in [5.41, 5.74) is 5.00. The summed E-state index contributed by atoms with van der Waals surface area (Å²) < 4.78 is 4.57. The highest BCUT2D eigenvalue weighted by molar-refractivity contribution is 5.97. The third-order valence-corrected chi connectivity index (χ3v) is 5.53. The Hall–Kier alpha value is -4.58. The van der Waals surface area contributed by atoms with E-state index in [2.05, 4.69) is 39.1 Å². The zero-order valence-electron chi connectivity index (χ0n) is 19.5. The molecular weight excluding hydrogens is 438 g/mol. The van der Waals surface area contributed by atoms with Gasteiger partial charge in [0.1, 0.15) is 0 Å². The van der Waals surface area contributed by atoms with Crippen LogP contribution in [0.2, 0.25) is 0 Å². The Morgan fingerprint density at radius 3 is 2.49 bits per heavy atom. The number of rotatable bonds is 5. The van der Waals surface area contributed by atoms with E-state index in [0.29, 0.717) is 5.69 Å². The number of pyridine rings is 2. The number of carbonyl (C=O) groups is 2. The number of hydrogen-bond donors (Lipinski definition) is 1. The Bertz CT molecular complexity index is 1470. The van der Waals surface area contributed by atoms with Crippen LogP contribution in [0.3, 0.4) is 0 Å². The summed E-state index contributed by atoms with van der Waals surface area (Å²) in [7, 11) is 0. The lowest BCUT2D eigenvalue weighted by molar-refractivity contribution is -0.141. The molecule has 0 radical (unpaired) electrons. The molecule has 6 nitrogen and oxygen atoms in total. The van der Waals surface area contributed by atoms with Gasteiger partial charge in [-0.3, -0.25) is 14.6 Å². The number of anilines is 1. The van der Waals surface area contributed by atoms with Gasteiger partial charge in [0.05, 0.1) is 11.2 Å². The average Bonchev–Trinajstić information content (AvgIpc) is 2.89. The van der Waals surface area contributed by atoms with Gasteiger partial charge in [-0.15, -0.1) is 0 Å². The van der Waals surface area contributed by atoms with Crippen molar-refractivity contribution in [2.24, 2.45) is 0 Å².